The Kier molecular flexibility index (Phi) is 6.36. The van der Waals surface area contributed by atoms with E-state index in [1.165, 1.54) is 4.31 Å². The van der Waals surface area contributed by atoms with Gasteiger partial charge in [0.05, 0.1) is 5.92 Å². The number of nitrogens with zero attached hydrogens (tertiary/aromatic N) is 4. The molecule has 2 atom stereocenters. The molecule has 10 nitrogen and oxygen atoms in total. The van der Waals surface area contributed by atoms with Crippen LogP contribution in [0.1, 0.15) is 37.1 Å². The first-order valence-corrected chi connectivity index (χ1v) is 12.3. The molecule has 172 valence electrons. The molecule has 0 spiro atoms. The summed E-state index contributed by atoms with van der Waals surface area (Å²) in [6.07, 6.45) is 2.60. The van der Waals surface area contributed by atoms with Crippen LogP contribution in [0.2, 0.25) is 0 Å². The third-order valence-electron chi connectivity index (χ3n) is 6.41. The molecule has 1 aromatic heterocycles. The van der Waals surface area contributed by atoms with Crippen molar-refractivity contribution in [1.29, 1.82) is 0 Å². The first-order chi connectivity index (χ1) is 14.8. The van der Waals surface area contributed by atoms with Crippen molar-refractivity contribution in [3.63, 3.8) is 0 Å². The summed E-state index contributed by atoms with van der Waals surface area (Å²) in [5.74, 6) is -0.149. The van der Waals surface area contributed by atoms with Crippen LogP contribution in [0.3, 0.4) is 0 Å². The molecule has 3 aliphatic heterocycles. The van der Waals surface area contributed by atoms with E-state index in [0.717, 1.165) is 12.8 Å². The molecular weight excluding hydrogens is 424 g/mol. The number of hydrogen-bond donors (Lipinski definition) is 0. The maximum absolute atomic E-state index is 13.1. The van der Waals surface area contributed by atoms with Crippen molar-refractivity contribution in [2.45, 2.75) is 50.5 Å². The highest BCUT2D eigenvalue weighted by Crippen LogP contribution is 2.28. The Hall–Kier alpha value is -1.98. The maximum Gasteiger partial charge on any atom is 0.251 e. The van der Waals surface area contributed by atoms with E-state index < -0.39 is 10.0 Å². The van der Waals surface area contributed by atoms with Crippen LogP contribution < -0.4 is 0 Å². The zero-order valence-electron chi connectivity index (χ0n) is 18.1. The van der Waals surface area contributed by atoms with Crippen molar-refractivity contribution in [3.8, 4) is 0 Å². The van der Waals surface area contributed by atoms with Crippen LogP contribution in [0.4, 0.5) is 0 Å². The van der Waals surface area contributed by atoms with Crippen molar-refractivity contribution in [2.24, 2.45) is 5.92 Å². The van der Waals surface area contributed by atoms with E-state index in [4.69, 9.17) is 9.26 Å². The number of piperazine rings is 1. The lowest BCUT2D eigenvalue weighted by Crippen LogP contribution is -2.55. The first-order valence-electron chi connectivity index (χ1n) is 10.9. The van der Waals surface area contributed by atoms with Crippen LogP contribution in [-0.4, -0.2) is 91.5 Å². The molecule has 0 aromatic carbocycles. The van der Waals surface area contributed by atoms with Crippen LogP contribution in [0.25, 0.3) is 0 Å². The van der Waals surface area contributed by atoms with Gasteiger partial charge in [-0.05, 0) is 39.5 Å². The number of rotatable bonds is 4. The summed E-state index contributed by atoms with van der Waals surface area (Å²) < 4.78 is 38.1. The highest BCUT2D eigenvalue weighted by atomic mass is 32.2. The molecule has 0 aliphatic carbocycles. The number of carbonyl (C=O) groups excluding carboxylic acids is 2. The molecule has 31 heavy (non-hydrogen) atoms. The lowest BCUT2D eigenvalue weighted by atomic mass is 9.97. The number of sulfonamides is 1. The minimum absolute atomic E-state index is 0.0130. The molecule has 2 amide bonds. The first kappa shape index (κ1) is 22.2. The summed E-state index contributed by atoms with van der Waals surface area (Å²) in [5.41, 5.74) is 0.331. The standard InChI is InChI=1S/C20H30N4O6S/c1-14-18(15(2)30-21-14)31(27,28)24-7-3-5-16(13-24)19(25)22-8-10-23(11-9-22)20(26)17-6-4-12-29-17/h16-17H,3-13H2,1-2H3. The maximum atomic E-state index is 13.1. The molecule has 0 saturated carbocycles. The third-order valence-corrected chi connectivity index (χ3v) is 8.52. The van der Waals surface area contributed by atoms with Crippen LogP contribution >= 0.6 is 0 Å². The molecule has 0 bridgehead atoms. The number of amides is 2. The van der Waals surface area contributed by atoms with Crippen LogP contribution in [0.15, 0.2) is 9.42 Å². The van der Waals surface area contributed by atoms with E-state index in [1.54, 1.807) is 23.6 Å². The SMILES string of the molecule is Cc1noc(C)c1S(=O)(=O)N1CCCC(C(=O)N2CCN(C(=O)C3CCCO3)CC2)C1. The Bertz CT molecular complexity index is 912. The number of hydrogen-bond acceptors (Lipinski definition) is 7. The average molecular weight is 455 g/mol. The Labute approximate surface area is 182 Å². The smallest absolute Gasteiger partial charge is 0.251 e. The van der Waals surface area contributed by atoms with Crippen molar-refractivity contribution < 1.29 is 27.3 Å². The minimum Gasteiger partial charge on any atom is -0.368 e. The number of ether oxygens (including phenoxy) is 1. The highest BCUT2D eigenvalue weighted by molar-refractivity contribution is 7.89. The Balaban J connectivity index is 1.37. The van der Waals surface area contributed by atoms with Gasteiger partial charge < -0.3 is 19.1 Å². The molecular formula is C20H30N4O6S. The zero-order chi connectivity index (χ0) is 22.2. The number of piperidine rings is 1. The summed E-state index contributed by atoms with van der Waals surface area (Å²) in [6.45, 7) is 6.24. The van der Waals surface area contributed by atoms with E-state index in [0.29, 0.717) is 57.9 Å². The topological polar surface area (TPSA) is 113 Å². The summed E-state index contributed by atoms with van der Waals surface area (Å²) >= 11 is 0. The van der Waals surface area contributed by atoms with Gasteiger partial charge in [-0.25, -0.2) is 8.42 Å². The molecule has 2 unspecified atom stereocenters. The molecule has 3 saturated heterocycles. The summed E-state index contributed by atoms with van der Waals surface area (Å²) in [5, 5.41) is 3.76. The van der Waals surface area contributed by atoms with Gasteiger partial charge in [-0.15, -0.1) is 0 Å². The molecule has 0 N–H and O–H groups in total. The van der Waals surface area contributed by atoms with Gasteiger partial charge in [-0.1, -0.05) is 5.16 Å². The molecule has 3 fully saturated rings. The lowest BCUT2D eigenvalue weighted by molar-refractivity contribution is -0.147. The Morgan fingerprint density at radius 3 is 2.23 bits per heavy atom. The zero-order valence-corrected chi connectivity index (χ0v) is 18.9. The van der Waals surface area contributed by atoms with Crippen molar-refractivity contribution in [1.82, 2.24) is 19.3 Å². The number of aromatic nitrogens is 1. The van der Waals surface area contributed by atoms with E-state index in [2.05, 4.69) is 5.16 Å². The molecule has 1 aromatic rings. The predicted octanol–water partition coefficient (Wildman–Crippen LogP) is 0.542. The second-order valence-corrected chi connectivity index (χ2v) is 10.4. The fraction of sp³-hybridized carbons (Fsp3) is 0.750. The van der Waals surface area contributed by atoms with Gasteiger partial charge in [0.2, 0.25) is 15.9 Å². The van der Waals surface area contributed by atoms with Crippen LogP contribution in [-0.2, 0) is 24.3 Å². The molecule has 11 heteroatoms. The summed E-state index contributed by atoms with van der Waals surface area (Å²) in [7, 11) is -3.77. The number of aryl methyl sites for hydroxylation is 2. The summed E-state index contributed by atoms with van der Waals surface area (Å²) in [4.78, 5) is 29.3. The van der Waals surface area contributed by atoms with Crippen molar-refractivity contribution in [2.75, 3.05) is 45.9 Å². The monoisotopic (exact) mass is 454 g/mol. The molecule has 4 rings (SSSR count). The highest BCUT2D eigenvalue weighted by Gasteiger charge is 2.39. The molecule has 3 aliphatic rings. The minimum atomic E-state index is -3.77. The van der Waals surface area contributed by atoms with Crippen LogP contribution in [0.5, 0.6) is 0 Å². The van der Waals surface area contributed by atoms with Gasteiger partial charge in [0, 0.05) is 45.9 Å². The Morgan fingerprint density at radius 2 is 1.65 bits per heavy atom. The third kappa shape index (κ3) is 4.35. The quantitative estimate of drug-likeness (QED) is 0.652. The predicted molar refractivity (Wildman–Crippen MR) is 110 cm³/mol. The average Bonchev–Trinajstić information content (AvgIpc) is 3.43. The molecule has 4 heterocycles. The van der Waals surface area contributed by atoms with Crippen LogP contribution in [0, 0.1) is 19.8 Å². The van der Waals surface area contributed by atoms with Gasteiger partial charge in [0.15, 0.2) is 5.76 Å². The van der Waals surface area contributed by atoms with Gasteiger partial charge in [-0.3, -0.25) is 9.59 Å². The largest absolute Gasteiger partial charge is 0.368 e. The summed E-state index contributed by atoms with van der Waals surface area (Å²) in [6, 6.07) is 0. The number of carbonyl (C=O) groups is 2. The van der Waals surface area contributed by atoms with E-state index in [9.17, 15) is 18.0 Å². The van der Waals surface area contributed by atoms with E-state index in [-0.39, 0.29) is 41.0 Å². The fourth-order valence-corrected chi connectivity index (χ4v) is 6.53. The lowest BCUT2D eigenvalue weighted by Gasteiger charge is -2.39. The normalized spacial score (nSPS) is 25.7. The Morgan fingerprint density at radius 1 is 0.968 bits per heavy atom. The van der Waals surface area contributed by atoms with E-state index >= 15 is 0 Å². The van der Waals surface area contributed by atoms with Gasteiger partial charge in [0.25, 0.3) is 5.91 Å². The van der Waals surface area contributed by atoms with E-state index in [1.807, 2.05) is 0 Å². The second-order valence-electron chi connectivity index (χ2n) is 8.51. The fourth-order valence-electron chi connectivity index (χ4n) is 4.72. The van der Waals surface area contributed by atoms with Crippen molar-refractivity contribution in [3.05, 3.63) is 11.5 Å². The van der Waals surface area contributed by atoms with Gasteiger partial charge in [-0.2, -0.15) is 4.31 Å². The van der Waals surface area contributed by atoms with Gasteiger partial charge in [0.1, 0.15) is 16.7 Å². The van der Waals surface area contributed by atoms with Gasteiger partial charge >= 0.3 is 0 Å². The molecule has 0 radical (unpaired) electrons. The second kappa shape index (κ2) is 8.87. The van der Waals surface area contributed by atoms with Crippen molar-refractivity contribution >= 4 is 21.8 Å².